The molecule has 0 atom stereocenters. The van der Waals surface area contributed by atoms with E-state index >= 15 is 0 Å². The average Bonchev–Trinajstić information content (AvgIpc) is 2.51. The number of carboxylic acid groups (broad SMARTS) is 1. The van der Waals surface area contributed by atoms with Crippen molar-refractivity contribution in [3.8, 4) is 5.75 Å². The molecule has 0 aliphatic carbocycles. The Labute approximate surface area is 128 Å². The Morgan fingerprint density at radius 2 is 2.00 bits per heavy atom. The van der Waals surface area contributed by atoms with Crippen molar-refractivity contribution in [2.75, 3.05) is 6.61 Å². The summed E-state index contributed by atoms with van der Waals surface area (Å²) in [6, 6.07) is 10.0. The van der Waals surface area contributed by atoms with E-state index in [1.165, 1.54) is 10.6 Å². The summed E-state index contributed by atoms with van der Waals surface area (Å²) in [5.41, 5.74) is 0.535. The molecule has 22 heavy (non-hydrogen) atoms. The minimum Gasteiger partial charge on any atom is -0.488 e. The van der Waals surface area contributed by atoms with Gasteiger partial charge in [-0.05, 0) is 30.2 Å². The fourth-order valence-electron chi connectivity index (χ4n) is 2.13. The topological polar surface area (TPSA) is 68.5 Å². The van der Waals surface area contributed by atoms with E-state index in [9.17, 15) is 14.7 Å². The predicted octanol–water partition coefficient (Wildman–Crippen LogP) is 2.77. The maximum Gasteiger partial charge on any atom is 0.336 e. The minimum atomic E-state index is -1.00. The summed E-state index contributed by atoms with van der Waals surface area (Å²) in [6.45, 7) is 2.75. The van der Waals surface area contributed by atoms with Crippen LogP contribution in [0.3, 0.4) is 0 Å². The number of hydrogen-bond acceptors (Lipinski definition) is 3. The van der Waals surface area contributed by atoms with Crippen molar-refractivity contribution in [3.05, 3.63) is 64.1 Å². The number of hydrogen-bond donors (Lipinski definition) is 1. The number of rotatable bonds is 7. The lowest BCUT2D eigenvalue weighted by atomic mass is 10.1. The first-order chi connectivity index (χ1) is 10.6. The van der Waals surface area contributed by atoms with E-state index in [-0.39, 0.29) is 17.7 Å². The number of unbranched alkanes of at least 4 members (excludes halogenated alkanes) is 1. The summed E-state index contributed by atoms with van der Waals surface area (Å²) in [5.74, 6) is -0.706. The zero-order valence-corrected chi connectivity index (χ0v) is 12.5. The molecule has 2 rings (SSSR count). The lowest BCUT2D eigenvalue weighted by molar-refractivity contribution is 0.0695. The molecule has 1 N–H and O–H groups in total. The average molecular weight is 301 g/mol. The van der Waals surface area contributed by atoms with Crippen molar-refractivity contribution in [2.24, 2.45) is 0 Å². The van der Waals surface area contributed by atoms with Gasteiger partial charge in [-0.25, -0.2) is 4.79 Å². The third-order valence-electron chi connectivity index (χ3n) is 3.33. The van der Waals surface area contributed by atoms with Gasteiger partial charge in [0.15, 0.2) is 5.75 Å². The highest BCUT2D eigenvalue weighted by Crippen LogP contribution is 2.11. The van der Waals surface area contributed by atoms with Crippen LogP contribution >= 0.6 is 0 Å². The molecule has 0 aliphatic rings. The summed E-state index contributed by atoms with van der Waals surface area (Å²) < 4.78 is 6.94. The highest BCUT2D eigenvalue weighted by Gasteiger charge is 2.11. The van der Waals surface area contributed by atoms with Crippen LogP contribution < -0.4 is 10.3 Å². The number of ether oxygens (including phenoxy) is 1. The molecular formula is C17H19NO4. The van der Waals surface area contributed by atoms with Crippen molar-refractivity contribution >= 4 is 5.97 Å². The zero-order valence-electron chi connectivity index (χ0n) is 12.5. The van der Waals surface area contributed by atoms with Crippen LogP contribution in [0.25, 0.3) is 0 Å². The van der Waals surface area contributed by atoms with Gasteiger partial charge in [-0.2, -0.15) is 0 Å². The van der Waals surface area contributed by atoms with Crippen molar-refractivity contribution in [2.45, 2.75) is 26.3 Å². The Morgan fingerprint density at radius 3 is 2.73 bits per heavy atom. The largest absolute Gasteiger partial charge is 0.488 e. The van der Waals surface area contributed by atoms with Crippen LogP contribution in [-0.2, 0) is 6.54 Å². The molecule has 0 radical (unpaired) electrons. The van der Waals surface area contributed by atoms with Gasteiger partial charge in [0.1, 0.15) is 0 Å². The van der Waals surface area contributed by atoms with Gasteiger partial charge in [-0.15, -0.1) is 0 Å². The molecule has 0 saturated carbocycles. The second-order valence-corrected chi connectivity index (χ2v) is 4.97. The lowest BCUT2D eigenvalue weighted by Gasteiger charge is -2.11. The van der Waals surface area contributed by atoms with Crippen LogP contribution in [0.15, 0.2) is 47.4 Å². The Morgan fingerprint density at radius 1 is 1.23 bits per heavy atom. The van der Waals surface area contributed by atoms with Crippen molar-refractivity contribution in [1.29, 1.82) is 0 Å². The zero-order chi connectivity index (χ0) is 15.9. The van der Waals surface area contributed by atoms with Gasteiger partial charge < -0.3 is 14.4 Å². The highest BCUT2D eigenvalue weighted by atomic mass is 16.5. The number of pyridine rings is 1. The van der Waals surface area contributed by atoms with Crippen LogP contribution in [0.2, 0.25) is 0 Å². The van der Waals surface area contributed by atoms with Crippen LogP contribution in [-0.4, -0.2) is 22.2 Å². The van der Waals surface area contributed by atoms with E-state index in [1.807, 2.05) is 0 Å². The van der Waals surface area contributed by atoms with Crippen LogP contribution in [0, 0.1) is 0 Å². The van der Waals surface area contributed by atoms with Crippen LogP contribution in [0.5, 0.6) is 5.75 Å². The molecular weight excluding hydrogens is 282 g/mol. The number of benzene rings is 1. The van der Waals surface area contributed by atoms with Gasteiger partial charge in [0.2, 0.25) is 0 Å². The Kier molecular flexibility index (Phi) is 5.36. The van der Waals surface area contributed by atoms with E-state index in [0.29, 0.717) is 17.9 Å². The fraction of sp³-hybridized carbons (Fsp3) is 0.294. The molecule has 0 unspecified atom stereocenters. The second kappa shape index (κ2) is 7.45. The van der Waals surface area contributed by atoms with Gasteiger partial charge in [0, 0.05) is 6.20 Å². The Balaban J connectivity index is 2.25. The van der Waals surface area contributed by atoms with Gasteiger partial charge >= 0.3 is 5.97 Å². The summed E-state index contributed by atoms with van der Waals surface area (Å²) in [7, 11) is 0. The molecule has 1 aromatic carbocycles. The monoisotopic (exact) mass is 301 g/mol. The van der Waals surface area contributed by atoms with Crippen molar-refractivity contribution in [1.82, 2.24) is 4.57 Å². The summed E-state index contributed by atoms with van der Waals surface area (Å²) in [6.07, 6.45) is 3.51. The molecule has 2 aromatic rings. The van der Waals surface area contributed by atoms with Gasteiger partial charge in [0.25, 0.3) is 5.56 Å². The fourth-order valence-corrected chi connectivity index (χ4v) is 2.13. The molecule has 0 amide bonds. The maximum atomic E-state index is 12.3. The molecule has 5 nitrogen and oxygen atoms in total. The van der Waals surface area contributed by atoms with Crippen LogP contribution in [0.1, 0.15) is 35.7 Å². The van der Waals surface area contributed by atoms with E-state index in [2.05, 4.69) is 6.92 Å². The van der Waals surface area contributed by atoms with Crippen molar-refractivity contribution < 1.29 is 14.6 Å². The smallest absolute Gasteiger partial charge is 0.336 e. The predicted molar refractivity (Wildman–Crippen MR) is 83.6 cm³/mol. The lowest BCUT2D eigenvalue weighted by Crippen LogP contribution is -2.22. The molecule has 5 heteroatoms. The Bertz CT molecular complexity index is 706. The molecule has 0 saturated heterocycles. The summed E-state index contributed by atoms with van der Waals surface area (Å²) >= 11 is 0. The Hall–Kier alpha value is -2.56. The molecule has 0 spiro atoms. The standard InChI is InChI=1S/C17H19NO4/c1-2-3-11-22-15-9-6-10-18(16(15)19)12-13-7-4-5-8-14(13)17(20)21/h4-10H,2-3,11-12H2,1H3,(H,20,21). The van der Waals surface area contributed by atoms with E-state index < -0.39 is 5.97 Å². The normalized spacial score (nSPS) is 10.4. The number of aromatic nitrogens is 1. The first kappa shape index (κ1) is 15.8. The highest BCUT2D eigenvalue weighted by molar-refractivity contribution is 5.89. The maximum absolute atomic E-state index is 12.3. The number of aromatic carboxylic acids is 1. The van der Waals surface area contributed by atoms with E-state index in [0.717, 1.165) is 12.8 Å². The molecule has 1 heterocycles. The first-order valence-corrected chi connectivity index (χ1v) is 7.27. The van der Waals surface area contributed by atoms with Crippen molar-refractivity contribution in [3.63, 3.8) is 0 Å². The molecule has 1 aromatic heterocycles. The third-order valence-corrected chi connectivity index (χ3v) is 3.33. The quantitative estimate of drug-likeness (QED) is 0.798. The number of carboxylic acids is 1. The first-order valence-electron chi connectivity index (χ1n) is 7.27. The molecule has 0 fully saturated rings. The van der Waals surface area contributed by atoms with Gasteiger partial charge in [-0.1, -0.05) is 31.5 Å². The van der Waals surface area contributed by atoms with Crippen LogP contribution in [0.4, 0.5) is 0 Å². The van der Waals surface area contributed by atoms with Gasteiger partial charge in [-0.3, -0.25) is 4.79 Å². The SMILES string of the molecule is CCCCOc1cccn(Cc2ccccc2C(=O)O)c1=O. The summed E-state index contributed by atoms with van der Waals surface area (Å²) in [5, 5.41) is 9.20. The third kappa shape index (κ3) is 3.75. The minimum absolute atomic E-state index is 0.201. The second-order valence-electron chi connectivity index (χ2n) is 4.97. The molecule has 116 valence electrons. The van der Waals surface area contributed by atoms with E-state index in [4.69, 9.17) is 4.74 Å². The molecule has 0 bridgehead atoms. The molecule has 0 aliphatic heterocycles. The van der Waals surface area contributed by atoms with E-state index in [1.54, 1.807) is 36.5 Å². The van der Waals surface area contributed by atoms with Gasteiger partial charge in [0.05, 0.1) is 18.7 Å². The number of nitrogens with zero attached hydrogens (tertiary/aromatic N) is 1. The summed E-state index contributed by atoms with van der Waals surface area (Å²) in [4.78, 5) is 23.6. The number of carbonyl (C=O) groups is 1.